The van der Waals surface area contributed by atoms with Gasteiger partial charge in [-0.05, 0) is 32.4 Å². The van der Waals surface area contributed by atoms with Crippen molar-refractivity contribution < 1.29 is 0 Å². The molecule has 1 saturated heterocycles. The first-order valence-electron chi connectivity index (χ1n) is 5.61. The maximum absolute atomic E-state index is 4.26. The Balaban J connectivity index is 1.93. The van der Waals surface area contributed by atoms with Crippen LogP contribution in [-0.4, -0.2) is 33.8 Å². The largest absolute Gasteiger partial charge is 0.295 e. The lowest BCUT2D eigenvalue weighted by atomic mass is 10.2. The average molecular weight is 205 g/mol. The fraction of sp³-hybridized carbons (Fsp3) is 0.583. The van der Waals surface area contributed by atoms with Gasteiger partial charge in [0.15, 0.2) is 0 Å². The maximum atomic E-state index is 4.26. The molecule has 0 N–H and O–H groups in total. The zero-order chi connectivity index (χ0) is 10.7. The summed E-state index contributed by atoms with van der Waals surface area (Å²) in [4.78, 5) is 2.52. The van der Waals surface area contributed by atoms with Gasteiger partial charge in [0.05, 0.1) is 6.54 Å². The van der Waals surface area contributed by atoms with Crippen molar-refractivity contribution in [3.63, 3.8) is 0 Å². The second-order valence-corrected chi connectivity index (χ2v) is 4.45. The molecule has 0 saturated carbocycles. The molecule has 3 nitrogen and oxygen atoms in total. The van der Waals surface area contributed by atoms with Gasteiger partial charge in [-0.2, -0.15) is 5.10 Å². The molecule has 1 aromatic rings. The highest BCUT2D eigenvalue weighted by Crippen LogP contribution is 2.19. The fourth-order valence-electron chi connectivity index (χ4n) is 2.28. The number of aromatic nitrogens is 2. The highest BCUT2D eigenvalue weighted by atomic mass is 15.3. The van der Waals surface area contributed by atoms with Gasteiger partial charge in [0.1, 0.15) is 0 Å². The Kier molecular flexibility index (Phi) is 3.21. The molecule has 0 bridgehead atoms. The summed E-state index contributed by atoms with van der Waals surface area (Å²) in [5.41, 5.74) is 1.25. The summed E-state index contributed by atoms with van der Waals surface area (Å²) in [6, 6.07) is 2.62. The predicted molar refractivity (Wildman–Crippen MR) is 61.6 cm³/mol. The van der Waals surface area contributed by atoms with Gasteiger partial charge >= 0.3 is 0 Å². The number of hydrogen-bond donors (Lipinski definition) is 0. The van der Waals surface area contributed by atoms with E-state index >= 15 is 0 Å². The van der Waals surface area contributed by atoms with Crippen LogP contribution < -0.4 is 0 Å². The minimum absolute atomic E-state index is 0.640. The summed E-state index contributed by atoms with van der Waals surface area (Å²) < 4.78 is 2.03. The highest BCUT2D eigenvalue weighted by Gasteiger charge is 2.24. The first-order chi connectivity index (χ1) is 7.25. The predicted octanol–water partition coefficient (Wildman–Crippen LogP) is 1.92. The van der Waals surface area contributed by atoms with E-state index in [1.54, 1.807) is 0 Å². The van der Waals surface area contributed by atoms with Gasteiger partial charge in [-0.15, -0.1) is 0 Å². The molecule has 0 aliphatic carbocycles. The van der Waals surface area contributed by atoms with Crippen molar-refractivity contribution in [1.29, 1.82) is 0 Å². The summed E-state index contributed by atoms with van der Waals surface area (Å²) in [6.45, 7) is 9.34. The summed E-state index contributed by atoms with van der Waals surface area (Å²) in [5, 5.41) is 4.26. The second-order valence-electron chi connectivity index (χ2n) is 4.45. The highest BCUT2D eigenvalue weighted by molar-refractivity contribution is 4.95. The fourth-order valence-corrected chi connectivity index (χ4v) is 2.28. The molecular weight excluding hydrogens is 186 g/mol. The Bertz CT molecular complexity index is 316. The molecule has 2 rings (SSSR count). The lowest BCUT2D eigenvalue weighted by Crippen LogP contribution is -2.34. The van der Waals surface area contributed by atoms with E-state index in [2.05, 4.69) is 23.5 Å². The van der Waals surface area contributed by atoms with Crippen LogP contribution in [-0.2, 0) is 6.54 Å². The third-order valence-electron chi connectivity index (χ3n) is 2.93. The Morgan fingerprint density at radius 2 is 2.47 bits per heavy atom. The van der Waals surface area contributed by atoms with Crippen LogP contribution in [0.4, 0.5) is 0 Å². The van der Waals surface area contributed by atoms with Crippen LogP contribution in [0.3, 0.4) is 0 Å². The third kappa shape index (κ3) is 2.69. The summed E-state index contributed by atoms with van der Waals surface area (Å²) >= 11 is 0. The molecule has 1 aromatic heterocycles. The van der Waals surface area contributed by atoms with Crippen LogP contribution in [0, 0.1) is 0 Å². The minimum Gasteiger partial charge on any atom is -0.295 e. The molecular formula is C12H19N3. The maximum Gasteiger partial charge on any atom is 0.0565 e. The zero-order valence-corrected chi connectivity index (χ0v) is 9.39. The molecule has 0 amide bonds. The van der Waals surface area contributed by atoms with Gasteiger partial charge in [-0.1, -0.05) is 12.2 Å². The van der Waals surface area contributed by atoms with Gasteiger partial charge in [0, 0.05) is 25.0 Å². The van der Waals surface area contributed by atoms with Crippen LogP contribution in [0.2, 0.25) is 0 Å². The molecule has 0 radical (unpaired) electrons. The van der Waals surface area contributed by atoms with Gasteiger partial charge in [0.25, 0.3) is 0 Å². The van der Waals surface area contributed by atoms with Crippen molar-refractivity contribution in [2.75, 3.05) is 13.1 Å². The normalized spacial score (nSPS) is 22.1. The van der Waals surface area contributed by atoms with Gasteiger partial charge < -0.3 is 0 Å². The van der Waals surface area contributed by atoms with E-state index in [1.807, 2.05) is 23.1 Å². The topological polar surface area (TPSA) is 21.1 Å². The number of nitrogens with zero attached hydrogens (tertiary/aromatic N) is 3. The number of hydrogen-bond acceptors (Lipinski definition) is 2. The van der Waals surface area contributed by atoms with E-state index in [4.69, 9.17) is 0 Å². The van der Waals surface area contributed by atoms with Crippen molar-refractivity contribution in [2.45, 2.75) is 32.4 Å². The van der Waals surface area contributed by atoms with Crippen LogP contribution in [0.25, 0.3) is 0 Å². The number of rotatable bonds is 4. The van der Waals surface area contributed by atoms with E-state index in [-0.39, 0.29) is 0 Å². The van der Waals surface area contributed by atoms with Crippen molar-refractivity contribution in [2.24, 2.45) is 0 Å². The lowest BCUT2D eigenvalue weighted by Gasteiger charge is -2.24. The van der Waals surface area contributed by atoms with Crippen LogP contribution in [0.1, 0.15) is 19.8 Å². The quantitative estimate of drug-likeness (QED) is 0.700. The molecule has 0 unspecified atom stereocenters. The Morgan fingerprint density at radius 3 is 3.13 bits per heavy atom. The average Bonchev–Trinajstić information content (AvgIpc) is 2.78. The molecule has 15 heavy (non-hydrogen) atoms. The first kappa shape index (κ1) is 10.4. The van der Waals surface area contributed by atoms with Gasteiger partial charge in [-0.25, -0.2) is 0 Å². The second kappa shape index (κ2) is 4.62. The SMILES string of the molecule is C=C(C)CN1CCC[C@H]1Cn1cccn1. The van der Waals surface area contributed by atoms with E-state index < -0.39 is 0 Å². The number of likely N-dealkylation sites (tertiary alicyclic amines) is 1. The minimum atomic E-state index is 0.640. The first-order valence-corrected chi connectivity index (χ1v) is 5.61. The van der Waals surface area contributed by atoms with Crippen molar-refractivity contribution in [3.05, 3.63) is 30.6 Å². The van der Waals surface area contributed by atoms with E-state index in [0.29, 0.717) is 6.04 Å². The van der Waals surface area contributed by atoms with Crippen molar-refractivity contribution in [3.8, 4) is 0 Å². The third-order valence-corrected chi connectivity index (χ3v) is 2.93. The van der Waals surface area contributed by atoms with Crippen LogP contribution in [0.5, 0.6) is 0 Å². The summed E-state index contributed by atoms with van der Waals surface area (Å²) in [7, 11) is 0. The van der Waals surface area contributed by atoms with Crippen LogP contribution in [0.15, 0.2) is 30.6 Å². The van der Waals surface area contributed by atoms with Crippen LogP contribution >= 0.6 is 0 Å². The van der Waals surface area contributed by atoms with Gasteiger partial charge in [-0.3, -0.25) is 9.58 Å². The molecule has 82 valence electrons. The Labute approximate surface area is 91.4 Å². The molecule has 2 heterocycles. The van der Waals surface area contributed by atoms with Gasteiger partial charge in [0.2, 0.25) is 0 Å². The van der Waals surface area contributed by atoms with E-state index in [9.17, 15) is 0 Å². The smallest absolute Gasteiger partial charge is 0.0565 e. The van der Waals surface area contributed by atoms with E-state index in [0.717, 1.165) is 13.1 Å². The lowest BCUT2D eigenvalue weighted by molar-refractivity contribution is 0.245. The monoisotopic (exact) mass is 205 g/mol. The standard InChI is InChI=1S/C12H19N3/c1-11(2)9-14-7-3-5-12(14)10-15-8-4-6-13-15/h4,6,8,12H,1,3,5,7,9-10H2,2H3/t12-/m0/s1. The van der Waals surface area contributed by atoms with Crippen molar-refractivity contribution in [1.82, 2.24) is 14.7 Å². The van der Waals surface area contributed by atoms with Crippen molar-refractivity contribution >= 4 is 0 Å². The summed E-state index contributed by atoms with van der Waals surface area (Å²) in [6.07, 6.45) is 6.47. The molecule has 1 aliphatic heterocycles. The van der Waals surface area contributed by atoms with E-state index in [1.165, 1.54) is 25.0 Å². The summed E-state index contributed by atoms with van der Waals surface area (Å²) in [5.74, 6) is 0. The molecule has 0 spiro atoms. The zero-order valence-electron chi connectivity index (χ0n) is 9.39. The molecule has 1 fully saturated rings. The molecule has 1 aliphatic rings. The Morgan fingerprint density at radius 1 is 1.60 bits per heavy atom. The Hall–Kier alpha value is -1.09. The molecule has 1 atom stereocenters. The molecule has 3 heteroatoms. The molecule has 0 aromatic carbocycles.